The summed E-state index contributed by atoms with van der Waals surface area (Å²) >= 11 is 5.25. The lowest BCUT2D eigenvalue weighted by atomic mass is 10.0. The van der Waals surface area contributed by atoms with E-state index in [0.717, 1.165) is 49.1 Å². The van der Waals surface area contributed by atoms with E-state index >= 15 is 0 Å². The number of ether oxygens (including phenoxy) is 1. The van der Waals surface area contributed by atoms with Crippen molar-refractivity contribution >= 4 is 33.2 Å². The fraction of sp³-hybridized carbons (Fsp3) is 0.706. The lowest BCUT2D eigenvalue weighted by molar-refractivity contribution is 0.0132. The summed E-state index contributed by atoms with van der Waals surface area (Å²) in [7, 11) is 1.83. The van der Waals surface area contributed by atoms with Gasteiger partial charge in [-0.1, -0.05) is 13.8 Å². The number of nitrogens with zero attached hydrogens (tertiary/aromatic N) is 2. The Balaban J connectivity index is 1.83. The van der Waals surface area contributed by atoms with E-state index in [1.54, 1.807) is 11.3 Å². The molecule has 1 aromatic rings. The van der Waals surface area contributed by atoms with Crippen LogP contribution in [0.2, 0.25) is 0 Å². The maximum atomic E-state index is 5.49. The van der Waals surface area contributed by atoms with E-state index in [-0.39, 0.29) is 0 Å². The highest BCUT2D eigenvalue weighted by Gasteiger charge is 2.22. The van der Waals surface area contributed by atoms with Gasteiger partial charge in [0.1, 0.15) is 0 Å². The fourth-order valence-electron chi connectivity index (χ4n) is 2.90. The topological polar surface area (TPSA) is 48.9 Å². The smallest absolute Gasteiger partial charge is 0.191 e. The number of thiophene rings is 1. The molecular weight excluding hydrogens is 388 g/mol. The Bertz CT molecular complexity index is 514. The van der Waals surface area contributed by atoms with Crippen LogP contribution in [0.4, 0.5) is 0 Å². The van der Waals surface area contributed by atoms with Gasteiger partial charge in [0.25, 0.3) is 0 Å². The van der Waals surface area contributed by atoms with Gasteiger partial charge in [-0.25, -0.2) is 0 Å². The highest BCUT2D eigenvalue weighted by atomic mass is 79.9. The quantitative estimate of drug-likeness (QED) is 0.529. The summed E-state index contributed by atoms with van der Waals surface area (Å²) < 4.78 is 6.65. The van der Waals surface area contributed by atoms with Crippen molar-refractivity contribution in [1.82, 2.24) is 15.5 Å². The average molecular weight is 417 g/mol. The molecule has 1 fully saturated rings. The van der Waals surface area contributed by atoms with E-state index < -0.39 is 0 Å². The number of halogens is 1. The zero-order chi connectivity index (χ0) is 17.4. The lowest BCUT2D eigenvalue weighted by Gasteiger charge is -2.35. The first-order valence-corrected chi connectivity index (χ1v) is 10.2. The van der Waals surface area contributed by atoms with Gasteiger partial charge in [-0.2, -0.15) is 0 Å². The highest BCUT2D eigenvalue weighted by molar-refractivity contribution is 9.11. The number of morpholine rings is 1. The molecule has 2 heterocycles. The molecule has 24 heavy (non-hydrogen) atoms. The normalized spacial score (nSPS) is 18.0. The SMILES string of the molecule is CN=C(NCc1ccc(Br)s1)NCC(CC(C)C)N1CCOCC1. The van der Waals surface area contributed by atoms with Crippen molar-refractivity contribution in [3.05, 3.63) is 20.8 Å². The van der Waals surface area contributed by atoms with Crippen LogP contribution in [0.3, 0.4) is 0 Å². The first kappa shape index (κ1) is 19.7. The molecule has 2 N–H and O–H groups in total. The molecule has 1 aromatic heterocycles. The Labute approximate surface area is 158 Å². The van der Waals surface area contributed by atoms with E-state index in [1.165, 1.54) is 11.3 Å². The van der Waals surface area contributed by atoms with Crippen LogP contribution in [0.15, 0.2) is 20.9 Å². The van der Waals surface area contributed by atoms with Gasteiger partial charge in [-0.15, -0.1) is 11.3 Å². The maximum absolute atomic E-state index is 5.49. The van der Waals surface area contributed by atoms with Crippen molar-refractivity contribution in [2.45, 2.75) is 32.9 Å². The van der Waals surface area contributed by atoms with Gasteiger partial charge < -0.3 is 15.4 Å². The molecule has 1 unspecified atom stereocenters. The maximum Gasteiger partial charge on any atom is 0.191 e. The Morgan fingerprint density at radius 2 is 2.08 bits per heavy atom. The third-order valence-electron chi connectivity index (χ3n) is 4.09. The van der Waals surface area contributed by atoms with Gasteiger partial charge in [-0.05, 0) is 40.4 Å². The first-order chi connectivity index (χ1) is 11.6. The molecule has 0 aliphatic carbocycles. The van der Waals surface area contributed by atoms with E-state index in [9.17, 15) is 0 Å². The van der Waals surface area contributed by atoms with Gasteiger partial charge >= 0.3 is 0 Å². The van der Waals surface area contributed by atoms with Gasteiger partial charge in [0.2, 0.25) is 0 Å². The largest absolute Gasteiger partial charge is 0.379 e. The summed E-state index contributed by atoms with van der Waals surface area (Å²) in [5.41, 5.74) is 0. The summed E-state index contributed by atoms with van der Waals surface area (Å²) in [5.74, 6) is 1.54. The van der Waals surface area contributed by atoms with Crippen LogP contribution in [0.1, 0.15) is 25.1 Å². The number of aliphatic imine (C=N–C) groups is 1. The Kier molecular flexibility index (Phi) is 8.52. The number of nitrogens with one attached hydrogen (secondary N) is 2. The average Bonchev–Trinajstić information content (AvgIpc) is 2.99. The van der Waals surface area contributed by atoms with Crippen LogP contribution in [0, 0.1) is 5.92 Å². The molecule has 0 saturated carbocycles. The van der Waals surface area contributed by atoms with Crippen LogP contribution >= 0.6 is 27.3 Å². The minimum atomic E-state index is 0.517. The zero-order valence-corrected chi connectivity index (χ0v) is 17.3. The van der Waals surface area contributed by atoms with E-state index in [1.807, 2.05) is 7.05 Å². The number of hydrogen-bond donors (Lipinski definition) is 2. The molecule has 1 saturated heterocycles. The van der Waals surface area contributed by atoms with Crippen LogP contribution in [-0.2, 0) is 11.3 Å². The molecule has 1 aliphatic heterocycles. The number of rotatable bonds is 7. The summed E-state index contributed by atoms with van der Waals surface area (Å²) in [6.45, 7) is 10.0. The number of guanidine groups is 1. The van der Waals surface area contributed by atoms with Gasteiger partial charge in [-0.3, -0.25) is 9.89 Å². The standard InChI is InChI=1S/C17H29BrN4OS/c1-13(2)10-14(22-6-8-23-9-7-22)11-20-17(19-3)21-12-15-4-5-16(18)24-15/h4-5,13-14H,6-12H2,1-3H3,(H2,19,20,21). The Hall–Kier alpha value is -0.630. The van der Waals surface area contributed by atoms with Crippen molar-refractivity contribution in [1.29, 1.82) is 0 Å². The molecule has 136 valence electrons. The molecule has 1 aliphatic rings. The second-order valence-corrected chi connectivity index (χ2v) is 8.99. The van der Waals surface area contributed by atoms with Crippen molar-refractivity contribution < 1.29 is 4.74 Å². The highest BCUT2D eigenvalue weighted by Crippen LogP contribution is 2.21. The molecule has 2 rings (SSSR count). The van der Waals surface area contributed by atoms with Gasteiger partial charge in [0.15, 0.2) is 5.96 Å². The molecule has 0 bridgehead atoms. The third kappa shape index (κ3) is 6.70. The zero-order valence-electron chi connectivity index (χ0n) is 14.8. The van der Waals surface area contributed by atoms with Gasteiger partial charge in [0.05, 0.1) is 23.5 Å². The van der Waals surface area contributed by atoms with Crippen molar-refractivity contribution in [3.63, 3.8) is 0 Å². The van der Waals surface area contributed by atoms with E-state index in [0.29, 0.717) is 12.0 Å². The summed E-state index contributed by atoms with van der Waals surface area (Å²) in [6.07, 6.45) is 1.18. The monoisotopic (exact) mass is 416 g/mol. The fourth-order valence-corrected chi connectivity index (χ4v) is 4.32. The van der Waals surface area contributed by atoms with Crippen molar-refractivity contribution in [3.8, 4) is 0 Å². The Morgan fingerprint density at radius 3 is 2.67 bits per heavy atom. The van der Waals surface area contributed by atoms with Crippen LogP contribution in [-0.4, -0.2) is 56.8 Å². The van der Waals surface area contributed by atoms with E-state index in [4.69, 9.17) is 4.74 Å². The predicted octanol–water partition coefficient (Wildman–Crippen LogP) is 2.92. The third-order valence-corrected chi connectivity index (χ3v) is 5.72. The van der Waals surface area contributed by atoms with Crippen molar-refractivity contribution in [2.75, 3.05) is 39.9 Å². The van der Waals surface area contributed by atoms with Crippen LogP contribution in [0.25, 0.3) is 0 Å². The number of hydrogen-bond acceptors (Lipinski definition) is 4. The summed E-state index contributed by atoms with van der Waals surface area (Å²) in [5, 5.41) is 6.89. The summed E-state index contributed by atoms with van der Waals surface area (Å²) in [4.78, 5) is 8.18. The molecule has 0 amide bonds. The minimum absolute atomic E-state index is 0.517. The van der Waals surface area contributed by atoms with E-state index in [2.05, 4.69) is 62.4 Å². The van der Waals surface area contributed by atoms with Crippen LogP contribution in [0.5, 0.6) is 0 Å². The van der Waals surface area contributed by atoms with Gasteiger partial charge in [0, 0.05) is 37.6 Å². The molecule has 0 spiro atoms. The summed E-state index contributed by atoms with van der Waals surface area (Å²) in [6, 6.07) is 4.72. The van der Waals surface area contributed by atoms with Crippen LogP contribution < -0.4 is 10.6 Å². The van der Waals surface area contributed by atoms with Crippen molar-refractivity contribution in [2.24, 2.45) is 10.9 Å². The minimum Gasteiger partial charge on any atom is -0.379 e. The second-order valence-electron chi connectivity index (χ2n) is 6.44. The molecule has 1 atom stereocenters. The molecule has 7 heteroatoms. The molecule has 0 radical (unpaired) electrons. The first-order valence-electron chi connectivity index (χ1n) is 8.59. The second kappa shape index (κ2) is 10.4. The predicted molar refractivity (Wildman–Crippen MR) is 106 cm³/mol. The lowest BCUT2D eigenvalue weighted by Crippen LogP contribution is -2.50. The molecule has 0 aromatic carbocycles. The molecular formula is C17H29BrN4OS. The Morgan fingerprint density at radius 1 is 1.33 bits per heavy atom. The molecule has 5 nitrogen and oxygen atoms in total.